The van der Waals surface area contributed by atoms with E-state index in [9.17, 15) is 4.79 Å². The molecule has 3 nitrogen and oxygen atoms in total. The fraction of sp³-hybridized carbons (Fsp3) is 0.333. The number of nitrogens with zero attached hydrogens (tertiary/aromatic N) is 2. The lowest BCUT2D eigenvalue weighted by Gasteiger charge is -2.18. The number of carbonyl (C=O) groups excluding carboxylic acids is 1. The zero-order valence-corrected chi connectivity index (χ0v) is 9.03. The van der Waals surface area contributed by atoms with E-state index in [1.807, 2.05) is 13.8 Å². The molecule has 1 aromatic rings. The molecular weight excluding hydrogens is 188 g/mol. The maximum absolute atomic E-state index is 11.9. The Morgan fingerprint density at radius 1 is 1.27 bits per heavy atom. The molecular formula is C12H14N2O. The molecule has 15 heavy (non-hydrogen) atoms. The topological polar surface area (TPSA) is 24.7 Å². The number of hydrogen-bond acceptors (Lipinski definition) is 1. The van der Waals surface area contributed by atoms with Crippen LogP contribution in [-0.2, 0) is 0 Å². The zero-order chi connectivity index (χ0) is 11.3. The maximum atomic E-state index is 11.9. The van der Waals surface area contributed by atoms with Crippen LogP contribution in [0.25, 0.3) is 4.85 Å². The van der Waals surface area contributed by atoms with Gasteiger partial charge in [-0.25, -0.2) is 4.85 Å². The summed E-state index contributed by atoms with van der Waals surface area (Å²) < 4.78 is 0. The number of hydrogen-bond donors (Lipinski definition) is 0. The lowest BCUT2D eigenvalue weighted by Crippen LogP contribution is -2.30. The number of benzene rings is 1. The van der Waals surface area contributed by atoms with Crippen LogP contribution in [0, 0.1) is 6.57 Å². The van der Waals surface area contributed by atoms with Gasteiger partial charge in [-0.15, -0.1) is 0 Å². The van der Waals surface area contributed by atoms with Gasteiger partial charge in [0.15, 0.2) is 5.69 Å². The molecule has 0 bridgehead atoms. The summed E-state index contributed by atoms with van der Waals surface area (Å²) in [6.45, 7) is 12.1. The quantitative estimate of drug-likeness (QED) is 0.692. The molecule has 0 N–H and O–H groups in total. The molecule has 0 aromatic heterocycles. The lowest BCUT2D eigenvalue weighted by molar-refractivity contribution is 0.0773. The summed E-state index contributed by atoms with van der Waals surface area (Å²) in [5.41, 5.74) is 1.21. The maximum Gasteiger partial charge on any atom is 0.253 e. The first-order valence-electron chi connectivity index (χ1n) is 4.99. The van der Waals surface area contributed by atoms with Crippen molar-refractivity contribution >= 4 is 11.6 Å². The minimum Gasteiger partial charge on any atom is -0.339 e. The molecule has 0 aliphatic carbocycles. The predicted molar refractivity (Wildman–Crippen MR) is 60.0 cm³/mol. The third-order valence-electron chi connectivity index (χ3n) is 2.29. The van der Waals surface area contributed by atoms with Gasteiger partial charge in [-0.05, 0) is 13.8 Å². The normalized spacial score (nSPS) is 9.40. The van der Waals surface area contributed by atoms with E-state index >= 15 is 0 Å². The van der Waals surface area contributed by atoms with Gasteiger partial charge in [0, 0.05) is 18.7 Å². The molecule has 1 aromatic carbocycles. The van der Waals surface area contributed by atoms with Crippen molar-refractivity contribution in [1.29, 1.82) is 0 Å². The highest BCUT2D eigenvalue weighted by Gasteiger charge is 2.11. The summed E-state index contributed by atoms with van der Waals surface area (Å²) in [7, 11) is 0. The Balaban J connectivity index is 2.88. The summed E-state index contributed by atoms with van der Waals surface area (Å²) in [4.78, 5) is 16.9. The fourth-order valence-corrected chi connectivity index (χ4v) is 1.37. The number of rotatable bonds is 3. The van der Waals surface area contributed by atoms with Crippen LogP contribution in [0.1, 0.15) is 24.2 Å². The van der Waals surface area contributed by atoms with Crippen LogP contribution in [0.2, 0.25) is 0 Å². The first-order valence-corrected chi connectivity index (χ1v) is 4.99. The molecule has 1 rings (SSSR count). The van der Waals surface area contributed by atoms with E-state index in [0.717, 1.165) is 0 Å². The summed E-state index contributed by atoms with van der Waals surface area (Å²) in [6.07, 6.45) is 0. The first-order chi connectivity index (χ1) is 7.22. The molecule has 0 heterocycles. The van der Waals surface area contributed by atoms with E-state index in [1.165, 1.54) is 0 Å². The Labute approximate surface area is 90.1 Å². The van der Waals surface area contributed by atoms with E-state index in [2.05, 4.69) is 4.85 Å². The minimum atomic E-state index is 0.0246. The molecule has 0 atom stereocenters. The predicted octanol–water partition coefficient (Wildman–Crippen LogP) is 2.72. The van der Waals surface area contributed by atoms with Crippen LogP contribution in [-0.4, -0.2) is 23.9 Å². The van der Waals surface area contributed by atoms with Crippen molar-refractivity contribution in [2.75, 3.05) is 13.1 Å². The molecule has 78 valence electrons. The summed E-state index contributed by atoms with van der Waals surface area (Å²) in [5.74, 6) is 0.0246. The smallest absolute Gasteiger partial charge is 0.253 e. The Bertz CT molecular complexity index is 372. The van der Waals surface area contributed by atoms with Crippen LogP contribution in [0.3, 0.4) is 0 Å². The van der Waals surface area contributed by atoms with E-state index in [-0.39, 0.29) is 5.91 Å². The Morgan fingerprint density at radius 2 is 1.80 bits per heavy atom. The van der Waals surface area contributed by atoms with Crippen LogP contribution >= 0.6 is 0 Å². The molecule has 0 aliphatic rings. The lowest BCUT2D eigenvalue weighted by atomic mass is 10.2. The highest BCUT2D eigenvalue weighted by molar-refractivity contribution is 5.94. The van der Waals surface area contributed by atoms with Crippen molar-refractivity contribution in [3.05, 3.63) is 41.2 Å². The monoisotopic (exact) mass is 202 g/mol. The summed E-state index contributed by atoms with van der Waals surface area (Å²) >= 11 is 0. The van der Waals surface area contributed by atoms with Crippen molar-refractivity contribution in [1.82, 2.24) is 4.90 Å². The second-order valence-corrected chi connectivity index (χ2v) is 3.14. The molecule has 0 unspecified atom stereocenters. The van der Waals surface area contributed by atoms with Gasteiger partial charge in [0.2, 0.25) is 0 Å². The average Bonchev–Trinajstić information content (AvgIpc) is 2.30. The van der Waals surface area contributed by atoms with Crippen molar-refractivity contribution in [2.45, 2.75) is 13.8 Å². The van der Waals surface area contributed by atoms with Crippen LogP contribution in [0.4, 0.5) is 5.69 Å². The van der Waals surface area contributed by atoms with Crippen molar-refractivity contribution in [2.24, 2.45) is 0 Å². The molecule has 0 fully saturated rings. The van der Waals surface area contributed by atoms with Crippen molar-refractivity contribution < 1.29 is 4.79 Å². The minimum absolute atomic E-state index is 0.0246. The van der Waals surface area contributed by atoms with E-state index in [1.54, 1.807) is 29.2 Å². The van der Waals surface area contributed by atoms with E-state index in [4.69, 9.17) is 6.57 Å². The number of carbonyl (C=O) groups is 1. The van der Waals surface area contributed by atoms with Crippen molar-refractivity contribution in [3.8, 4) is 0 Å². The SMILES string of the molecule is [C-]#[N+]c1ccc(C(=O)N(CC)CC)cc1. The van der Waals surface area contributed by atoms with E-state index < -0.39 is 0 Å². The van der Waals surface area contributed by atoms with Crippen LogP contribution < -0.4 is 0 Å². The standard InChI is InChI=1S/C12H14N2O/c1-4-14(5-2)12(15)10-6-8-11(13-3)9-7-10/h6-9H,4-5H2,1-2H3. The third kappa shape index (κ3) is 2.57. The van der Waals surface area contributed by atoms with Gasteiger partial charge >= 0.3 is 0 Å². The van der Waals surface area contributed by atoms with Crippen LogP contribution in [0.5, 0.6) is 0 Å². The van der Waals surface area contributed by atoms with Gasteiger partial charge in [-0.1, -0.05) is 24.3 Å². The van der Waals surface area contributed by atoms with Gasteiger partial charge in [0.1, 0.15) is 0 Å². The van der Waals surface area contributed by atoms with E-state index in [0.29, 0.717) is 24.3 Å². The highest BCUT2D eigenvalue weighted by Crippen LogP contribution is 2.13. The second-order valence-electron chi connectivity index (χ2n) is 3.14. The van der Waals surface area contributed by atoms with Gasteiger partial charge in [0.25, 0.3) is 5.91 Å². The largest absolute Gasteiger partial charge is 0.339 e. The molecule has 0 spiro atoms. The molecule has 1 amide bonds. The highest BCUT2D eigenvalue weighted by atomic mass is 16.2. The van der Waals surface area contributed by atoms with Gasteiger partial charge in [-0.3, -0.25) is 4.79 Å². The van der Waals surface area contributed by atoms with Crippen LogP contribution in [0.15, 0.2) is 24.3 Å². The van der Waals surface area contributed by atoms with Crippen molar-refractivity contribution in [3.63, 3.8) is 0 Å². The fourth-order valence-electron chi connectivity index (χ4n) is 1.37. The summed E-state index contributed by atoms with van der Waals surface area (Å²) in [6, 6.07) is 6.75. The first kappa shape index (κ1) is 11.3. The average molecular weight is 202 g/mol. The molecule has 0 saturated heterocycles. The second kappa shape index (κ2) is 5.16. The molecule has 0 aliphatic heterocycles. The summed E-state index contributed by atoms with van der Waals surface area (Å²) in [5, 5.41) is 0. The number of amides is 1. The zero-order valence-electron chi connectivity index (χ0n) is 9.03. The molecule has 0 radical (unpaired) electrons. The van der Waals surface area contributed by atoms with Gasteiger partial charge < -0.3 is 4.90 Å². The third-order valence-corrected chi connectivity index (χ3v) is 2.29. The molecule has 3 heteroatoms. The Hall–Kier alpha value is -1.82. The Kier molecular flexibility index (Phi) is 3.87. The Morgan fingerprint density at radius 3 is 2.20 bits per heavy atom. The molecule has 0 saturated carbocycles. The van der Waals surface area contributed by atoms with Gasteiger partial charge in [0.05, 0.1) is 6.57 Å². The van der Waals surface area contributed by atoms with Gasteiger partial charge in [-0.2, -0.15) is 0 Å².